The number of nitrogens with zero attached hydrogens (tertiary/aromatic N) is 1. The van der Waals surface area contributed by atoms with Crippen LogP contribution < -0.4 is 5.32 Å². The Kier molecular flexibility index (Phi) is 4.91. The summed E-state index contributed by atoms with van der Waals surface area (Å²) >= 11 is 0. The highest BCUT2D eigenvalue weighted by Crippen LogP contribution is 2.22. The normalized spacial score (nSPS) is 20.3. The van der Waals surface area contributed by atoms with E-state index in [1.807, 2.05) is 12.1 Å². The Morgan fingerprint density at radius 2 is 2.20 bits per heavy atom. The molecule has 0 aromatic heterocycles. The summed E-state index contributed by atoms with van der Waals surface area (Å²) in [5.74, 6) is 0. The Labute approximate surface area is 119 Å². The predicted octanol–water partition coefficient (Wildman–Crippen LogP) is 3.93. The number of benzene rings is 1. The summed E-state index contributed by atoms with van der Waals surface area (Å²) in [5.41, 5.74) is 2.28. The number of halogens is 3. The highest BCUT2D eigenvalue weighted by Gasteiger charge is 2.34. The Hall–Kier alpha value is -1.23. The van der Waals surface area contributed by atoms with Gasteiger partial charge in [-0.1, -0.05) is 25.5 Å². The van der Waals surface area contributed by atoms with Crippen LogP contribution >= 0.6 is 0 Å². The van der Waals surface area contributed by atoms with Gasteiger partial charge in [0.05, 0.1) is 6.54 Å². The fourth-order valence-corrected chi connectivity index (χ4v) is 2.69. The topological polar surface area (TPSA) is 15.3 Å². The number of nitrogens with one attached hydrogen (secondary N) is 1. The minimum absolute atomic E-state index is 0. The zero-order valence-electron chi connectivity index (χ0n) is 11.7. The summed E-state index contributed by atoms with van der Waals surface area (Å²) < 4.78 is 37.0. The molecule has 1 aromatic rings. The number of likely N-dealkylation sites (tertiary alicyclic amines) is 1. The molecule has 0 spiro atoms. The smallest absolute Gasteiger partial charge is 0.381 e. The van der Waals surface area contributed by atoms with Crippen LogP contribution in [0, 0.1) is 0 Å². The number of aryl methyl sites for hydroxylation is 1. The van der Waals surface area contributed by atoms with Gasteiger partial charge in [-0.05, 0) is 30.5 Å². The van der Waals surface area contributed by atoms with Crippen molar-refractivity contribution >= 4 is 5.69 Å². The molecule has 2 rings (SSSR count). The van der Waals surface area contributed by atoms with E-state index in [4.69, 9.17) is 0 Å². The molecule has 0 radical (unpaired) electrons. The molecule has 1 aromatic carbocycles. The molecule has 1 aliphatic heterocycles. The molecule has 1 unspecified atom stereocenters. The van der Waals surface area contributed by atoms with Gasteiger partial charge in [0.2, 0.25) is 0 Å². The Morgan fingerprint density at radius 1 is 1.40 bits per heavy atom. The van der Waals surface area contributed by atoms with E-state index in [1.165, 1.54) is 10.5 Å². The number of hydrogen-bond acceptors (Lipinski definition) is 2. The third kappa shape index (κ3) is 4.71. The molecule has 20 heavy (non-hydrogen) atoms. The van der Waals surface area contributed by atoms with E-state index in [0.29, 0.717) is 13.1 Å². The van der Waals surface area contributed by atoms with Gasteiger partial charge in [0, 0.05) is 26.2 Å². The summed E-state index contributed by atoms with van der Waals surface area (Å²) in [5, 5.41) is 3.35. The molecule has 0 saturated carbocycles. The van der Waals surface area contributed by atoms with Gasteiger partial charge in [-0.15, -0.1) is 0 Å². The molecule has 1 aliphatic rings. The van der Waals surface area contributed by atoms with Gasteiger partial charge in [0.1, 0.15) is 0 Å². The molecule has 0 aliphatic carbocycles. The monoisotopic (exact) mass is 288 g/mol. The maximum atomic E-state index is 12.3. The largest absolute Gasteiger partial charge is 0.401 e. The number of anilines is 1. The van der Waals surface area contributed by atoms with Crippen LogP contribution in [0.4, 0.5) is 18.9 Å². The van der Waals surface area contributed by atoms with Crippen LogP contribution in [-0.4, -0.2) is 36.8 Å². The standard InChI is InChI=1S/C15H21F3N2.H2/c1-2-4-12-5-3-6-13(9-12)19-14-7-8-20(10-14)11-15(16,17)18;/h3,5-6,9,14,19H,2,4,7-8,10-11H2,1H3;1H. The van der Waals surface area contributed by atoms with E-state index in [0.717, 1.165) is 24.9 Å². The first-order valence-electron chi connectivity index (χ1n) is 7.11. The summed E-state index contributed by atoms with van der Waals surface area (Å²) in [6.45, 7) is 2.29. The third-order valence-electron chi connectivity index (χ3n) is 3.51. The Bertz CT molecular complexity index is 437. The fourth-order valence-electron chi connectivity index (χ4n) is 2.69. The van der Waals surface area contributed by atoms with E-state index in [-0.39, 0.29) is 7.47 Å². The van der Waals surface area contributed by atoms with Gasteiger partial charge >= 0.3 is 6.18 Å². The number of alkyl halides is 3. The maximum Gasteiger partial charge on any atom is 0.401 e. The zero-order valence-corrected chi connectivity index (χ0v) is 11.7. The van der Waals surface area contributed by atoms with E-state index in [1.54, 1.807) is 0 Å². The van der Waals surface area contributed by atoms with Crippen molar-refractivity contribution in [3.05, 3.63) is 29.8 Å². The fraction of sp³-hybridized carbons (Fsp3) is 0.600. The quantitative estimate of drug-likeness (QED) is 0.883. The summed E-state index contributed by atoms with van der Waals surface area (Å²) in [6.07, 6.45) is -1.23. The van der Waals surface area contributed by atoms with Crippen molar-refractivity contribution in [2.24, 2.45) is 0 Å². The second-order valence-corrected chi connectivity index (χ2v) is 5.43. The molecular formula is C15H23F3N2. The van der Waals surface area contributed by atoms with Gasteiger partial charge in [-0.3, -0.25) is 4.90 Å². The molecule has 0 amide bonds. The van der Waals surface area contributed by atoms with Gasteiger partial charge < -0.3 is 5.32 Å². The molecule has 5 heteroatoms. The van der Waals surface area contributed by atoms with E-state index >= 15 is 0 Å². The van der Waals surface area contributed by atoms with Crippen LogP contribution in [0.5, 0.6) is 0 Å². The lowest BCUT2D eigenvalue weighted by molar-refractivity contribution is -0.143. The zero-order chi connectivity index (χ0) is 14.6. The summed E-state index contributed by atoms with van der Waals surface area (Å²) in [7, 11) is 0. The van der Waals surface area contributed by atoms with Crippen molar-refractivity contribution in [1.29, 1.82) is 0 Å². The average molecular weight is 288 g/mol. The van der Waals surface area contributed by atoms with Crippen molar-refractivity contribution in [1.82, 2.24) is 4.90 Å². The van der Waals surface area contributed by atoms with Gasteiger partial charge in [-0.2, -0.15) is 13.2 Å². The van der Waals surface area contributed by atoms with Gasteiger partial charge in [0.15, 0.2) is 0 Å². The molecule has 1 heterocycles. The lowest BCUT2D eigenvalue weighted by Gasteiger charge is -2.19. The number of rotatable bonds is 5. The third-order valence-corrected chi connectivity index (χ3v) is 3.51. The molecule has 0 bridgehead atoms. The second-order valence-electron chi connectivity index (χ2n) is 5.43. The van der Waals surface area contributed by atoms with Gasteiger partial charge in [0.25, 0.3) is 0 Å². The van der Waals surface area contributed by atoms with E-state index in [9.17, 15) is 13.2 Å². The maximum absolute atomic E-state index is 12.3. The van der Waals surface area contributed by atoms with Crippen molar-refractivity contribution in [2.75, 3.05) is 25.0 Å². The highest BCUT2D eigenvalue weighted by atomic mass is 19.4. The number of hydrogen-bond donors (Lipinski definition) is 1. The molecule has 114 valence electrons. The predicted molar refractivity (Wildman–Crippen MR) is 77.1 cm³/mol. The molecule has 1 N–H and O–H groups in total. The van der Waals surface area contributed by atoms with Crippen molar-refractivity contribution in [3.8, 4) is 0 Å². The van der Waals surface area contributed by atoms with Gasteiger partial charge in [-0.25, -0.2) is 0 Å². The lowest BCUT2D eigenvalue weighted by atomic mass is 10.1. The summed E-state index contributed by atoms with van der Waals surface area (Å²) in [4.78, 5) is 1.47. The minimum Gasteiger partial charge on any atom is -0.381 e. The van der Waals surface area contributed by atoms with Crippen LogP contribution in [0.15, 0.2) is 24.3 Å². The molecular weight excluding hydrogens is 265 g/mol. The SMILES string of the molecule is CCCc1cccc(NC2CCN(CC(F)(F)F)C2)c1.[HH]. The first kappa shape index (κ1) is 15.2. The first-order valence-corrected chi connectivity index (χ1v) is 7.11. The van der Waals surface area contributed by atoms with Crippen LogP contribution in [-0.2, 0) is 6.42 Å². The van der Waals surface area contributed by atoms with E-state index < -0.39 is 12.7 Å². The molecule has 1 saturated heterocycles. The lowest BCUT2D eigenvalue weighted by Crippen LogP contribution is -2.34. The van der Waals surface area contributed by atoms with Crippen molar-refractivity contribution < 1.29 is 14.6 Å². The van der Waals surface area contributed by atoms with E-state index in [2.05, 4.69) is 24.4 Å². The molecule has 1 atom stereocenters. The first-order chi connectivity index (χ1) is 9.46. The molecule has 2 nitrogen and oxygen atoms in total. The van der Waals surface area contributed by atoms with Crippen molar-refractivity contribution in [2.45, 2.75) is 38.4 Å². The van der Waals surface area contributed by atoms with Crippen molar-refractivity contribution in [3.63, 3.8) is 0 Å². The minimum atomic E-state index is -4.10. The molecule has 1 fully saturated rings. The van der Waals surface area contributed by atoms with Crippen LogP contribution in [0.2, 0.25) is 0 Å². The average Bonchev–Trinajstić information content (AvgIpc) is 2.75. The Balaban J connectivity index is 0.00000220. The second kappa shape index (κ2) is 6.48. The summed E-state index contributed by atoms with van der Waals surface area (Å²) in [6, 6.07) is 8.26. The van der Waals surface area contributed by atoms with Crippen LogP contribution in [0.25, 0.3) is 0 Å². The van der Waals surface area contributed by atoms with Crippen LogP contribution in [0.1, 0.15) is 26.8 Å². The van der Waals surface area contributed by atoms with Crippen LogP contribution in [0.3, 0.4) is 0 Å². The highest BCUT2D eigenvalue weighted by molar-refractivity contribution is 5.46. The Morgan fingerprint density at radius 3 is 2.90 bits per heavy atom.